The first-order valence-electron chi connectivity index (χ1n) is 11.6. The standard InChI is InChI=1S/C26H37NO3/c1-8-25(6)17(3)9-10-21-24(4,5)22(28)11-12-26(21,25)30-20-14-16(2)13-18-19(20)15-27(7)23(18)29/h13-14,17,21H,8-12,15H2,1-7H3. The lowest BCUT2D eigenvalue weighted by Crippen LogP contribution is -2.67. The summed E-state index contributed by atoms with van der Waals surface area (Å²) in [5.41, 5.74) is 2.01. The van der Waals surface area contributed by atoms with Crippen molar-refractivity contribution in [3.8, 4) is 5.75 Å². The zero-order valence-electron chi connectivity index (χ0n) is 19.7. The van der Waals surface area contributed by atoms with Crippen molar-refractivity contribution in [3.63, 3.8) is 0 Å². The Hall–Kier alpha value is -1.84. The van der Waals surface area contributed by atoms with Crippen LogP contribution in [-0.2, 0) is 11.3 Å². The van der Waals surface area contributed by atoms with Crippen LogP contribution in [0, 0.1) is 29.6 Å². The highest BCUT2D eigenvalue weighted by molar-refractivity contribution is 5.99. The predicted octanol–water partition coefficient (Wildman–Crippen LogP) is 5.55. The first kappa shape index (κ1) is 21.4. The van der Waals surface area contributed by atoms with Crippen molar-refractivity contribution in [1.82, 2.24) is 4.90 Å². The predicted molar refractivity (Wildman–Crippen MR) is 119 cm³/mol. The molecule has 0 radical (unpaired) electrons. The number of Topliss-reactive ketones (excluding diaryl/α,β-unsaturated/α-hetero) is 1. The van der Waals surface area contributed by atoms with Crippen LogP contribution in [0.2, 0.25) is 0 Å². The van der Waals surface area contributed by atoms with Gasteiger partial charge in [-0.3, -0.25) is 9.59 Å². The molecule has 0 N–H and O–H groups in total. The minimum atomic E-state index is -0.400. The zero-order chi connectivity index (χ0) is 22.1. The molecule has 1 amide bonds. The van der Waals surface area contributed by atoms with Gasteiger partial charge in [0, 0.05) is 41.3 Å². The molecule has 0 saturated heterocycles. The van der Waals surface area contributed by atoms with Crippen LogP contribution in [0.4, 0.5) is 0 Å². The summed E-state index contributed by atoms with van der Waals surface area (Å²) in [4.78, 5) is 27.4. The van der Waals surface area contributed by atoms with E-state index in [-0.39, 0.29) is 17.2 Å². The molecule has 2 aliphatic carbocycles. The monoisotopic (exact) mass is 411 g/mol. The maximum Gasteiger partial charge on any atom is 0.254 e. The van der Waals surface area contributed by atoms with Gasteiger partial charge in [-0.2, -0.15) is 0 Å². The van der Waals surface area contributed by atoms with Crippen LogP contribution in [0.25, 0.3) is 0 Å². The van der Waals surface area contributed by atoms with Crippen molar-refractivity contribution in [1.29, 1.82) is 0 Å². The maximum absolute atomic E-state index is 13.0. The minimum Gasteiger partial charge on any atom is -0.486 e. The molecule has 1 aromatic rings. The van der Waals surface area contributed by atoms with E-state index in [0.29, 0.717) is 24.7 Å². The Morgan fingerprint density at radius 2 is 1.87 bits per heavy atom. The number of aryl methyl sites for hydroxylation is 1. The van der Waals surface area contributed by atoms with Gasteiger partial charge in [-0.1, -0.05) is 34.6 Å². The lowest BCUT2D eigenvalue weighted by molar-refractivity contribution is -0.202. The molecule has 1 heterocycles. The van der Waals surface area contributed by atoms with Gasteiger partial charge in [-0.15, -0.1) is 0 Å². The molecule has 1 aromatic carbocycles. The molecule has 3 aliphatic rings. The van der Waals surface area contributed by atoms with Crippen LogP contribution >= 0.6 is 0 Å². The van der Waals surface area contributed by atoms with E-state index in [1.165, 1.54) is 0 Å². The van der Waals surface area contributed by atoms with E-state index in [0.717, 1.165) is 48.1 Å². The summed E-state index contributed by atoms with van der Waals surface area (Å²) in [6.07, 6.45) is 4.49. The van der Waals surface area contributed by atoms with E-state index in [2.05, 4.69) is 40.7 Å². The number of rotatable bonds is 3. The van der Waals surface area contributed by atoms with Crippen molar-refractivity contribution in [2.24, 2.45) is 22.7 Å². The fraction of sp³-hybridized carbons (Fsp3) is 0.692. The first-order chi connectivity index (χ1) is 14.0. The second kappa shape index (κ2) is 6.83. The summed E-state index contributed by atoms with van der Waals surface area (Å²) in [5.74, 6) is 1.99. The van der Waals surface area contributed by atoms with Crippen LogP contribution in [0.5, 0.6) is 5.75 Å². The minimum absolute atomic E-state index is 0.0287. The van der Waals surface area contributed by atoms with E-state index >= 15 is 0 Å². The smallest absolute Gasteiger partial charge is 0.254 e. The van der Waals surface area contributed by atoms with E-state index in [4.69, 9.17) is 4.74 Å². The van der Waals surface area contributed by atoms with Crippen LogP contribution in [0.1, 0.15) is 88.2 Å². The van der Waals surface area contributed by atoms with Crippen molar-refractivity contribution in [2.75, 3.05) is 7.05 Å². The van der Waals surface area contributed by atoms with Gasteiger partial charge in [0.05, 0.1) is 6.54 Å². The van der Waals surface area contributed by atoms with Gasteiger partial charge in [-0.25, -0.2) is 0 Å². The lowest BCUT2D eigenvalue weighted by atomic mass is 9.45. The van der Waals surface area contributed by atoms with Gasteiger partial charge in [0.25, 0.3) is 5.91 Å². The van der Waals surface area contributed by atoms with Gasteiger partial charge in [0.15, 0.2) is 0 Å². The Labute approximate surface area is 181 Å². The number of hydrogen-bond donors (Lipinski definition) is 0. The zero-order valence-corrected chi connectivity index (χ0v) is 19.7. The number of nitrogens with zero attached hydrogens (tertiary/aromatic N) is 1. The molecule has 0 spiro atoms. The third-order valence-corrected chi connectivity index (χ3v) is 9.17. The van der Waals surface area contributed by atoms with Gasteiger partial charge in [0.2, 0.25) is 0 Å². The van der Waals surface area contributed by atoms with Crippen molar-refractivity contribution >= 4 is 11.7 Å². The molecule has 0 bridgehead atoms. The molecule has 2 saturated carbocycles. The molecule has 164 valence electrons. The van der Waals surface area contributed by atoms with E-state index in [1.807, 2.05) is 20.0 Å². The molecule has 2 fully saturated rings. The van der Waals surface area contributed by atoms with Gasteiger partial charge >= 0.3 is 0 Å². The summed E-state index contributed by atoms with van der Waals surface area (Å²) in [6, 6.07) is 4.09. The van der Waals surface area contributed by atoms with Crippen LogP contribution in [-0.4, -0.2) is 29.2 Å². The average Bonchev–Trinajstić information content (AvgIpc) is 2.97. The summed E-state index contributed by atoms with van der Waals surface area (Å²) in [6.45, 7) is 13.9. The highest BCUT2D eigenvalue weighted by Crippen LogP contribution is 2.63. The normalized spacial score (nSPS) is 35.2. The number of fused-ring (bicyclic) bond motifs is 2. The summed E-state index contributed by atoms with van der Waals surface area (Å²) in [5, 5.41) is 0. The van der Waals surface area contributed by atoms with Gasteiger partial charge < -0.3 is 9.64 Å². The molecule has 4 nitrogen and oxygen atoms in total. The van der Waals surface area contributed by atoms with E-state index < -0.39 is 11.0 Å². The Balaban J connectivity index is 1.89. The third-order valence-electron chi connectivity index (χ3n) is 9.17. The topological polar surface area (TPSA) is 46.6 Å². The van der Waals surface area contributed by atoms with Crippen molar-refractivity contribution in [2.45, 2.75) is 85.8 Å². The second-order valence-electron chi connectivity index (χ2n) is 10.9. The van der Waals surface area contributed by atoms with Gasteiger partial charge in [-0.05, 0) is 56.2 Å². The maximum atomic E-state index is 13.0. The molecule has 4 rings (SSSR count). The largest absolute Gasteiger partial charge is 0.486 e. The quantitative estimate of drug-likeness (QED) is 0.655. The Kier molecular flexibility index (Phi) is 4.87. The molecule has 4 unspecified atom stereocenters. The summed E-state index contributed by atoms with van der Waals surface area (Å²) >= 11 is 0. The summed E-state index contributed by atoms with van der Waals surface area (Å²) in [7, 11) is 1.85. The lowest BCUT2D eigenvalue weighted by Gasteiger charge is -2.63. The highest BCUT2D eigenvalue weighted by Gasteiger charge is 2.65. The van der Waals surface area contributed by atoms with Gasteiger partial charge in [0.1, 0.15) is 17.1 Å². The van der Waals surface area contributed by atoms with Crippen LogP contribution in [0.3, 0.4) is 0 Å². The third kappa shape index (κ3) is 2.71. The van der Waals surface area contributed by atoms with Crippen LogP contribution in [0.15, 0.2) is 12.1 Å². The Morgan fingerprint density at radius 1 is 1.17 bits per heavy atom. The second-order valence-corrected chi connectivity index (χ2v) is 10.9. The fourth-order valence-electron chi connectivity index (χ4n) is 6.83. The Bertz CT molecular complexity index is 904. The molecule has 0 aromatic heterocycles. The van der Waals surface area contributed by atoms with Crippen LogP contribution < -0.4 is 4.74 Å². The average molecular weight is 412 g/mol. The molecule has 4 atom stereocenters. The van der Waals surface area contributed by atoms with Crippen molar-refractivity contribution < 1.29 is 14.3 Å². The number of carbonyl (C=O) groups is 2. The first-order valence-corrected chi connectivity index (χ1v) is 11.6. The molecule has 1 aliphatic heterocycles. The number of ketones is 1. The van der Waals surface area contributed by atoms with Crippen molar-refractivity contribution in [3.05, 3.63) is 28.8 Å². The molecule has 4 heteroatoms. The molecular formula is C26H37NO3. The summed E-state index contributed by atoms with van der Waals surface area (Å²) < 4.78 is 7.20. The number of carbonyl (C=O) groups excluding carboxylic acids is 2. The SMILES string of the molecule is CCC1(C)C(C)CCC2C(C)(C)C(=O)CCC21Oc1cc(C)cc2c1CN(C)C2=O. The fourth-order valence-corrected chi connectivity index (χ4v) is 6.83. The number of amides is 1. The highest BCUT2D eigenvalue weighted by atomic mass is 16.5. The molecular weight excluding hydrogens is 374 g/mol. The molecule has 30 heavy (non-hydrogen) atoms. The van der Waals surface area contributed by atoms with E-state index in [9.17, 15) is 9.59 Å². The number of benzene rings is 1. The van der Waals surface area contributed by atoms with E-state index in [1.54, 1.807) is 4.90 Å². The Morgan fingerprint density at radius 3 is 2.53 bits per heavy atom. The number of hydrogen-bond acceptors (Lipinski definition) is 3. The number of ether oxygens (including phenoxy) is 1.